The van der Waals surface area contributed by atoms with Crippen molar-refractivity contribution in [3.63, 3.8) is 0 Å². The van der Waals surface area contributed by atoms with Crippen molar-refractivity contribution in [2.24, 2.45) is 0 Å². The van der Waals surface area contributed by atoms with Gasteiger partial charge in [-0.15, -0.1) is 0 Å². The second-order valence-corrected chi connectivity index (χ2v) is 7.97. The molecule has 7 heteroatoms. The summed E-state index contributed by atoms with van der Waals surface area (Å²) < 4.78 is 2.04. The second-order valence-electron chi connectivity index (χ2n) is 7.97. The van der Waals surface area contributed by atoms with E-state index in [1.807, 2.05) is 38.8 Å². The van der Waals surface area contributed by atoms with Crippen LogP contribution in [0.15, 0.2) is 36.8 Å². The van der Waals surface area contributed by atoms with Crippen LogP contribution in [-0.2, 0) is 29.1 Å². The van der Waals surface area contributed by atoms with Gasteiger partial charge in [-0.1, -0.05) is 13.0 Å². The van der Waals surface area contributed by atoms with E-state index in [9.17, 15) is 9.59 Å². The third-order valence-corrected chi connectivity index (χ3v) is 6.26. The van der Waals surface area contributed by atoms with Crippen molar-refractivity contribution in [2.45, 2.75) is 64.1 Å². The number of hydrogen-bond acceptors (Lipinski definition) is 4. The molecule has 2 saturated heterocycles. The van der Waals surface area contributed by atoms with Crippen molar-refractivity contribution in [1.29, 1.82) is 0 Å². The highest BCUT2D eigenvalue weighted by Gasteiger charge is 2.52. The van der Waals surface area contributed by atoms with E-state index < -0.39 is 5.54 Å². The maximum atomic E-state index is 13.5. The van der Waals surface area contributed by atoms with Crippen molar-refractivity contribution >= 4 is 11.8 Å². The minimum Gasteiger partial charge on any atom is -0.335 e. The summed E-state index contributed by atoms with van der Waals surface area (Å²) in [5, 5.41) is 0. The summed E-state index contributed by atoms with van der Waals surface area (Å²) in [7, 11) is 0. The van der Waals surface area contributed by atoms with E-state index in [4.69, 9.17) is 0 Å². The monoisotopic (exact) mass is 395 g/mol. The lowest BCUT2D eigenvalue weighted by Gasteiger charge is -2.44. The SMILES string of the molecule is CCc1nccn1CCC(=O)N1CCCC12CCCN(Cc1ccccn1)C2=O. The molecule has 0 radical (unpaired) electrons. The summed E-state index contributed by atoms with van der Waals surface area (Å²) >= 11 is 0. The van der Waals surface area contributed by atoms with Gasteiger partial charge in [0, 0.05) is 51.1 Å². The van der Waals surface area contributed by atoms with E-state index in [0.29, 0.717) is 26.1 Å². The Bertz CT molecular complexity index is 865. The van der Waals surface area contributed by atoms with Gasteiger partial charge in [-0.05, 0) is 37.8 Å². The zero-order chi connectivity index (χ0) is 20.3. The van der Waals surface area contributed by atoms with Crippen molar-refractivity contribution in [3.05, 3.63) is 48.3 Å². The molecular weight excluding hydrogens is 366 g/mol. The van der Waals surface area contributed by atoms with Gasteiger partial charge in [-0.3, -0.25) is 14.6 Å². The maximum Gasteiger partial charge on any atom is 0.248 e. The van der Waals surface area contributed by atoms with Crippen LogP contribution < -0.4 is 0 Å². The van der Waals surface area contributed by atoms with E-state index in [0.717, 1.165) is 50.2 Å². The fourth-order valence-corrected chi connectivity index (χ4v) is 4.84. The molecule has 154 valence electrons. The highest BCUT2D eigenvalue weighted by Crippen LogP contribution is 2.39. The molecule has 7 nitrogen and oxygen atoms in total. The van der Waals surface area contributed by atoms with Crippen LogP contribution in [0.25, 0.3) is 0 Å². The quantitative estimate of drug-likeness (QED) is 0.753. The van der Waals surface area contributed by atoms with Crippen molar-refractivity contribution in [1.82, 2.24) is 24.3 Å². The Kier molecular flexibility index (Phi) is 5.65. The molecule has 2 aromatic rings. The van der Waals surface area contributed by atoms with Gasteiger partial charge < -0.3 is 14.4 Å². The molecule has 1 spiro atoms. The highest BCUT2D eigenvalue weighted by atomic mass is 16.2. The number of aromatic nitrogens is 3. The Morgan fingerprint density at radius 1 is 1.14 bits per heavy atom. The van der Waals surface area contributed by atoms with E-state index in [2.05, 4.69) is 16.9 Å². The molecule has 0 bridgehead atoms. The van der Waals surface area contributed by atoms with Crippen LogP contribution in [0.1, 0.15) is 50.5 Å². The maximum absolute atomic E-state index is 13.5. The third-order valence-electron chi connectivity index (χ3n) is 6.26. The number of rotatable bonds is 6. The third kappa shape index (κ3) is 3.78. The first-order chi connectivity index (χ1) is 14.1. The first-order valence-electron chi connectivity index (χ1n) is 10.6. The lowest BCUT2D eigenvalue weighted by atomic mass is 9.85. The number of amides is 2. The van der Waals surface area contributed by atoms with Gasteiger partial charge in [-0.25, -0.2) is 4.98 Å². The summed E-state index contributed by atoms with van der Waals surface area (Å²) in [5.74, 6) is 1.16. The molecule has 0 saturated carbocycles. The van der Waals surface area contributed by atoms with Gasteiger partial charge in [0.25, 0.3) is 0 Å². The van der Waals surface area contributed by atoms with E-state index in [-0.39, 0.29) is 11.8 Å². The minimum atomic E-state index is -0.660. The Morgan fingerprint density at radius 3 is 2.72 bits per heavy atom. The number of carbonyl (C=O) groups excluding carboxylic acids is 2. The number of likely N-dealkylation sites (tertiary alicyclic amines) is 2. The number of nitrogens with zero attached hydrogens (tertiary/aromatic N) is 5. The van der Waals surface area contributed by atoms with Crippen LogP contribution in [0, 0.1) is 0 Å². The normalized spacial score (nSPS) is 21.9. The zero-order valence-corrected chi connectivity index (χ0v) is 17.1. The molecule has 2 amide bonds. The summed E-state index contributed by atoms with van der Waals surface area (Å²) in [6, 6.07) is 5.77. The predicted molar refractivity (Wildman–Crippen MR) is 109 cm³/mol. The number of imidazole rings is 1. The standard InChI is InChI=1S/C22H29N5O2/c1-2-19-24-12-16-25(19)15-8-20(28)27-14-6-10-22(27)9-5-13-26(21(22)29)17-18-7-3-4-11-23-18/h3-4,7,11-12,16H,2,5-6,8-10,13-15,17H2,1H3. The first kappa shape index (κ1) is 19.6. The first-order valence-corrected chi connectivity index (χ1v) is 10.6. The number of carbonyl (C=O) groups is 2. The predicted octanol–water partition coefficient (Wildman–Crippen LogP) is 2.41. The molecule has 29 heavy (non-hydrogen) atoms. The van der Waals surface area contributed by atoms with Crippen molar-refractivity contribution in [3.8, 4) is 0 Å². The molecule has 1 atom stereocenters. The lowest BCUT2D eigenvalue weighted by molar-refractivity contribution is -0.156. The largest absolute Gasteiger partial charge is 0.335 e. The molecular formula is C22H29N5O2. The summed E-state index contributed by atoms with van der Waals surface area (Å²) in [5.41, 5.74) is 0.230. The van der Waals surface area contributed by atoms with Crippen LogP contribution in [0.5, 0.6) is 0 Å². The van der Waals surface area contributed by atoms with Crippen LogP contribution in [0.4, 0.5) is 0 Å². The van der Waals surface area contributed by atoms with Gasteiger partial charge in [0.2, 0.25) is 11.8 Å². The summed E-state index contributed by atoms with van der Waals surface area (Å²) in [4.78, 5) is 39.1. The minimum absolute atomic E-state index is 0.0753. The molecule has 0 aliphatic carbocycles. The van der Waals surface area contributed by atoms with Gasteiger partial charge in [0.1, 0.15) is 11.4 Å². The molecule has 4 heterocycles. The van der Waals surface area contributed by atoms with Crippen molar-refractivity contribution < 1.29 is 9.59 Å². The fraction of sp³-hybridized carbons (Fsp3) is 0.545. The Morgan fingerprint density at radius 2 is 1.97 bits per heavy atom. The van der Waals surface area contributed by atoms with Gasteiger partial charge >= 0.3 is 0 Å². The van der Waals surface area contributed by atoms with E-state index in [1.54, 1.807) is 12.4 Å². The highest BCUT2D eigenvalue weighted by molar-refractivity contribution is 5.92. The fourth-order valence-electron chi connectivity index (χ4n) is 4.84. The van der Waals surface area contributed by atoms with Crippen LogP contribution in [-0.4, -0.2) is 54.8 Å². The summed E-state index contributed by atoms with van der Waals surface area (Å²) in [6.07, 6.45) is 10.0. The number of pyridine rings is 1. The molecule has 0 aromatic carbocycles. The van der Waals surface area contributed by atoms with Crippen LogP contribution in [0.3, 0.4) is 0 Å². The molecule has 4 rings (SSSR count). The molecule has 2 aromatic heterocycles. The lowest BCUT2D eigenvalue weighted by Crippen LogP contribution is -2.61. The molecule has 2 aliphatic rings. The Labute approximate surface area is 171 Å². The van der Waals surface area contributed by atoms with Gasteiger partial charge in [0.15, 0.2) is 0 Å². The molecule has 2 fully saturated rings. The van der Waals surface area contributed by atoms with Crippen LogP contribution in [0.2, 0.25) is 0 Å². The molecule has 2 aliphatic heterocycles. The number of piperidine rings is 1. The van der Waals surface area contributed by atoms with E-state index >= 15 is 0 Å². The van der Waals surface area contributed by atoms with Gasteiger partial charge in [0.05, 0.1) is 12.2 Å². The number of aryl methyl sites for hydroxylation is 2. The van der Waals surface area contributed by atoms with E-state index in [1.165, 1.54) is 0 Å². The van der Waals surface area contributed by atoms with Crippen LogP contribution >= 0.6 is 0 Å². The topological polar surface area (TPSA) is 71.3 Å². The Balaban J connectivity index is 1.46. The van der Waals surface area contributed by atoms with Crippen molar-refractivity contribution in [2.75, 3.05) is 13.1 Å². The summed E-state index contributed by atoms with van der Waals surface area (Å²) in [6.45, 7) is 4.59. The average molecular weight is 396 g/mol. The van der Waals surface area contributed by atoms with Gasteiger partial charge in [-0.2, -0.15) is 0 Å². The zero-order valence-electron chi connectivity index (χ0n) is 17.1. The number of hydrogen-bond donors (Lipinski definition) is 0. The second kappa shape index (κ2) is 8.35. The smallest absolute Gasteiger partial charge is 0.248 e. The Hall–Kier alpha value is -2.70. The molecule has 0 N–H and O–H groups in total. The molecule has 1 unspecified atom stereocenters. The average Bonchev–Trinajstić information content (AvgIpc) is 3.38.